The van der Waals surface area contributed by atoms with Gasteiger partial charge in [0.1, 0.15) is 5.56 Å². The van der Waals surface area contributed by atoms with E-state index < -0.39 is 11.5 Å². The molecule has 8 nitrogen and oxygen atoms in total. The highest BCUT2D eigenvalue weighted by atomic mass is 35.5. The van der Waals surface area contributed by atoms with E-state index in [2.05, 4.69) is 15.3 Å². The minimum absolute atomic E-state index is 0.0227. The molecule has 2 rings (SSSR count). The Labute approximate surface area is 165 Å². The maximum absolute atomic E-state index is 12.5. The van der Waals surface area contributed by atoms with Crippen LogP contribution in [-0.2, 0) is 0 Å². The number of amides is 2. The molecule has 2 aromatic rings. The summed E-state index contributed by atoms with van der Waals surface area (Å²) in [4.78, 5) is 44.5. The number of thioether (sulfide) groups is 1. The van der Waals surface area contributed by atoms with Crippen molar-refractivity contribution in [2.24, 2.45) is 5.73 Å². The van der Waals surface area contributed by atoms with Gasteiger partial charge in [-0.05, 0) is 38.3 Å². The maximum atomic E-state index is 12.5. The van der Waals surface area contributed by atoms with Gasteiger partial charge in [-0.25, -0.2) is 4.98 Å². The molecule has 0 spiro atoms. The second-order valence-corrected chi connectivity index (χ2v) is 6.66. The fraction of sp³-hybridized carbons (Fsp3) is 0.294. The number of anilines is 2. The van der Waals surface area contributed by atoms with Gasteiger partial charge >= 0.3 is 0 Å². The standard InChI is InChI=1S/C17H20ClN5O3S/c1-4-23(5-2)16(26)10-7-6-9(8-11(10)18)20-14-12(13(19)24)15(25)22-17(21-14)27-3/h6-8H,4-5H2,1-3H3,(H2,19,24)(H2,20,21,22,25). The molecule has 0 aliphatic rings. The van der Waals surface area contributed by atoms with Crippen molar-refractivity contribution in [2.45, 2.75) is 19.0 Å². The Balaban J connectivity index is 2.41. The summed E-state index contributed by atoms with van der Waals surface area (Å²) < 4.78 is 0. The van der Waals surface area contributed by atoms with Crippen LogP contribution in [0.25, 0.3) is 0 Å². The van der Waals surface area contributed by atoms with Crippen LogP contribution in [0.1, 0.15) is 34.6 Å². The summed E-state index contributed by atoms with van der Waals surface area (Å²) in [5.41, 5.74) is 5.20. The van der Waals surface area contributed by atoms with Crippen molar-refractivity contribution in [3.05, 3.63) is 44.7 Å². The quantitative estimate of drug-likeness (QED) is 0.477. The fourth-order valence-corrected chi connectivity index (χ4v) is 3.09. The van der Waals surface area contributed by atoms with Crippen LogP contribution in [0.3, 0.4) is 0 Å². The number of H-pyrrole nitrogens is 1. The van der Waals surface area contributed by atoms with E-state index in [0.717, 1.165) is 0 Å². The van der Waals surface area contributed by atoms with Crippen LogP contribution < -0.4 is 16.6 Å². The fourth-order valence-electron chi connectivity index (χ4n) is 2.45. The highest BCUT2D eigenvalue weighted by molar-refractivity contribution is 7.98. The van der Waals surface area contributed by atoms with Gasteiger partial charge in [-0.15, -0.1) is 0 Å². The van der Waals surface area contributed by atoms with E-state index in [1.165, 1.54) is 17.8 Å². The van der Waals surface area contributed by atoms with Crippen LogP contribution in [0.5, 0.6) is 0 Å². The summed E-state index contributed by atoms with van der Waals surface area (Å²) in [6.45, 7) is 4.92. The van der Waals surface area contributed by atoms with E-state index in [1.54, 1.807) is 23.3 Å². The zero-order valence-corrected chi connectivity index (χ0v) is 16.7. The molecule has 0 saturated heterocycles. The topological polar surface area (TPSA) is 121 Å². The Bertz CT molecular complexity index is 927. The molecule has 144 valence electrons. The lowest BCUT2D eigenvalue weighted by molar-refractivity contribution is 0.0773. The summed E-state index contributed by atoms with van der Waals surface area (Å²) in [6.07, 6.45) is 1.73. The predicted octanol–water partition coefficient (Wildman–Crippen LogP) is 2.47. The number of aromatic nitrogens is 2. The highest BCUT2D eigenvalue weighted by Gasteiger charge is 2.19. The number of halogens is 1. The van der Waals surface area contributed by atoms with E-state index in [0.29, 0.717) is 29.5 Å². The van der Waals surface area contributed by atoms with E-state index in [-0.39, 0.29) is 22.3 Å². The first-order chi connectivity index (χ1) is 12.8. The summed E-state index contributed by atoms with van der Waals surface area (Å²) in [5, 5.41) is 3.45. The smallest absolute Gasteiger partial charge is 0.266 e. The molecule has 4 N–H and O–H groups in total. The Morgan fingerprint density at radius 1 is 1.33 bits per heavy atom. The third-order valence-corrected chi connectivity index (χ3v) is 4.74. The maximum Gasteiger partial charge on any atom is 0.266 e. The first-order valence-corrected chi connectivity index (χ1v) is 9.76. The van der Waals surface area contributed by atoms with Crippen molar-refractivity contribution < 1.29 is 9.59 Å². The third kappa shape index (κ3) is 4.61. The molecule has 1 heterocycles. The predicted molar refractivity (Wildman–Crippen MR) is 107 cm³/mol. The molecule has 10 heteroatoms. The Hall–Kier alpha value is -2.52. The largest absolute Gasteiger partial charge is 0.365 e. The number of primary amides is 1. The number of carbonyl (C=O) groups is 2. The average molecular weight is 410 g/mol. The number of hydrogen-bond acceptors (Lipinski definition) is 6. The van der Waals surface area contributed by atoms with E-state index in [9.17, 15) is 14.4 Å². The van der Waals surface area contributed by atoms with E-state index in [4.69, 9.17) is 17.3 Å². The van der Waals surface area contributed by atoms with Gasteiger partial charge < -0.3 is 20.9 Å². The normalized spacial score (nSPS) is 10.5. The molecule has 27 heavy (non-hydrogen) atoms. The van der Waals surface area contributed by atoms with Gasteiger partial charge in [-0.3, -0.25) is 14.4 Å². The molecular formula is C17H20ClN5O3S. The van der Waals surface area contributed by atoms with Gasteiger partial charge in [-0.1, -0.05) is 23.4 Å². The van der Waals surface area contributed by atoms with Crippen molar-refractivity contribution in [1.29, 1.82) is 0 Å². The average Bonchev–Trinajstić information content (AvgIpc) is 2.61. The monoisotopic (exact) mass is 409 g/mol. The number of rotatable bonds is 7. The number of carbonyl (C=O) groups excluding carboxylic acids is 2. The number of hydrogen-bond donors (Lipinski definition) is 3. The van der Waals surface area contributed by atoms with Gasteiger partial charge in [0, 0.05) is 18.8 Å². The van der Waals surface area contributed by atoms with Gasteiger partial charge in [-0.2, -0.15) is 0 Å². The minimum Gasteiger partial charge on any atom is -0.365 e. The molecule has 2 amide bonds. The van der Waals surface area contributed by atoms with E-state index in [1.807, 2.05) is 13.8 Å². The minimum atomic E-state index is -0.904. The molecule has 0 aliphatic heterocycles. The van der Waals surface area contributed by atoms with Crippen LogP contribution >= 0.6 is 23.4 Å². The van der Waals surface area contributed by atoms with Gasteiger partial charge in [0.05, 0.1) is 10.6 Å². The Kier molecular flexibility index (Phi) is 6.86. The van der Waals surface area contributed by atoms with Gasteiger partial charge in [0.25, 0.3) is 17.4 Å². The lowest BCUT2D eigenvalue weighted by Crippen LogP contribution is -2.30. The summed E-state index contributed by atoms with van der Waals surface area (Å²) in [6, 6.07) is 4.73. The van der Waals surface area contributed by atoms with Crippen LogP contribution in [0.15, 0.2) is 28.2 Å². The number of benzene rings is 1. The van der Waals surface area contributed by atoms with Crippen molar-refractivity contribution in [1.82, 2.24) is 14.9 Å². The van der Waals surface area contributed by atoms with Crippen LogP contribution in [0.4, 0.5) is 11.5 Å². The van der Waals surface area contributed by atoms with Crippen LogP contribution in [0, 0.1) is 0 Å². The first kappa shape index (κ1) is 20.8. The molecule has 1 aromatic heterocycles. The molecule has 0 fully saturated rings. The van der Waals surface area contributed by atoms with Gasteiger partial charge in [0.15, 0.2) is 11.0 Å². The highest BCUT2D eigenvalue weighted by Crippen LogP contribution is 2.25. The number of aromatic amines is 1. The van der Waals surface area contributed by atoms with Crippen LogP contribution in [-0.4, -0.2) is 46.0 Å². The van der Waals surface area contributed by atoms with Crippen LogP contribution in [0.2, 0.25) is 5.02 Å². The summed E-state index contributed by atoms with van der Waals surface area (Å²) in [5.74, 6) is -1.05. The molecule has 1 aromatic carbocycles. The zero-order valence-electron chi connectivity index (χ0n) is 15.1. The molecule has 0 atom stereocenters. The molecule has 0 unspecified atom stereocenters. The van der Waals surface area contributed by atoms with Crippen molar-refractivity contribution >= 4 is 46.7 Å². The molecule has 0 aliphatic carbocycles. The summed E-state index contributed by atoms with van der Waals surface area (Å²) >= 11 is 7.48. The van der Waals surface area contributed by atoms with Gasteiger partial charge in [0.2, 0.25) is 0 Å². The third-order valence-electron chi connectivity index (χ3n) is 3.85. The Morgan fingerprint density at radius 2 is 2.00 bits per heavy atom. The molecule has 0 saturated carbocycles. The second kappa shape index (κ2) is 8.92. The Morgan fingerprint density at radius 3 is 2.52 bits per heavy atom. The zero-order chi connectivity index (χ0) is 20.1. The SMILES string of the molecule is CCN(CC)C(=O)c1ccc(Nc2nc(SC)[nH]c(=O)c2C(N)=O)cc1Cl. The number of nitrogens with one attached hydrogen (secondary N) is 2. The number of nitrogens with zero attached hydrogens (tertiary/aromatic N) is 2. The molecular weight excluding hydrogens is 390 g/mol. The first-order valence-electron chi connectivity index (χ1n) is 8.16. The van der Waals surface area contributed by atoms with Crippen molar-refractivity contribution in [3.8, 4) is 0 Å². The molecule has 0 bridgehead atoms. The van der Waals surface area contributed by atoms with Crippen molar-refractivity contribution in [2.75, 3.05) is 24.7 Å². The summed E-state index contributed by atoms with van der Waals surface area (Å²) in [7, 11) is 0. The van der Waals surface area contributed by atoms with E-state index >= 15 is 0 Å². The lowest BCUT2D eigenvalue weighted by atomic mass is 10.1. The lowest BCUT2D eigenvalue weighted by Gasteiger charge is -2.19. The second-order valence-electron chi connectivity index (χ2n) is 5.46. The van der Waals surface area contributed by atoms with Crippen molar-refractivity contribution in [3.63, 3.8) is 0 Å². The number of nitrogens with two attached hydrogens (primary N) is 1. The molecule has 0 radical (unpaired) electrons.